The lowest BCUT2D eigenvalue weighted by Gasteiger charge is -2.33. The van der Waals surface area contributed by atoms with E-state index in [1.165, 1.54) is 0 Å². The first-order valence-electron chi connectivity index (χ1n) is 5.68. The standard InChI is InChI=1S/C12H23N3O/c1-4-9-14(10-5-2)15(11-6-3)12(16)7-8-13/h4,6H,1,3,5,7-11,13H2,2H3. The number of carbonyl (C=O) groups is 1. The van der Waals surface area contributed by atoms with Crippen molar-refractivity contribution in [3.05, 3.63) is 25.3 Å². The predicted molar refractivity (Wildman–Crippen MR) is 67.6 cm³/mol. The Hall–Kier alpha value is -1.13. The largest absolute Gasteiger partial charge is 0.330 e. The molecule has 0 saturated heterocycles. The number of carbonyl (C=O) groups excluding carboxylic acids is 1. The monoisotopic (exact) mass is 225 g/mol. The smallest absolute Gasteiger partial charge is 0.238 e. The summed E-state index contributed by atoms with van der Waals surface area (Å²) in [6.45, 7) is 11.8. The normalized spacial score (nSPS) is 10.2. The van der Waals surface area contributed by atoms with Gasteiger partial charge in [-0.1, -0.05) is 19.1 Å². The van der Waals surface area contributed by atoms with Crippen LogP contribution in [0.25, 0.3) is 0 Å². The fourth-order valence-corrected chi connectivity index (χ4v) is 1.47. The molecule has 0 aromatic carbocycles. The van der Waals surface area contributed by atoms with Gasteiger partial charge in [0.05, 0.1) is 6.54 Å². The second-order valence-electron chi connectivity index (χ2n) is 3.50. The Morgan fingerprint density at radius 1 is 1.31 bits per heavy atom. The number of hydrazine groups is 1. The van der Waals surface area contributed by atoms with Crippen molar-refractivity contribution in [2.75, 3.05) is 26.2 Å². The van der Waals surface area contributed by atoms with E-state index in [0.29, 0.717) is 26.1 Å². The molecule has 16 heavy (non-hydrogen) atoms. The summed E-state index contributed by atoms with van der Waals surface area (Å²) in [7, 11) is 0. The second kappa shape index (κ2) is 9.12. The van der Waals surface area contributed by atoms with Gasteiger partial charge in [-0.15, -0.1) is 13.2 Å². The van der Waals surface area contributed by atoms with Crippen LogP contribution in [0.1, 0.15) is 19.8 Å². The number of nitrogens with zero attached hydrogens (tertiary/aromatic N) is 2. The van der Waals surface area contributed by atoms with Gasteiger partial charge in [-0.05, 0) is 6.42 Å². The van der Waals surface area contributed by atoms with Crippen molar-refractivity contribution in [3.63, 3.8) is 0 Å². The number of nitrogens with two attached hydrogens (primary N) is 1. The number of rotatable bonds is 9. The Morgan fingerprint density at radius 2 is 1.94 bits per heavy atom. The van der Waals surface area contributed by atoms with E-state index in [1.54, 1.807) is 17.2 Å². The van der Waals surface area contributed by atoms with Gasteiger partial charge in [0.1, 0.15) is 0 Å². The third-order valence-electron chi connectivity index (χ3n) is 2.11. The third kappa shape index (κ3) is 5.09. The van der Waals surface area contributed by atoms with Crippen LogP contribution in [0.5, 0.6) is 0 Å². The van der Waals surface area contributed by atoms with Crippen molar-refractivity contribution in [1.29, 1.82) is 0 Å². The van der Waals surface area contributed by atoms with E-state index in [-0.39, 0.29) is 5.91 Å². The SMILES string of the molecule is C=CCN(CCC)N(CC=C)C(=O)CCN. The Morgan fingerprint density at radius 3 is 2.38 bits per heavy atom. The van der Waals surface area contributed by atoms with E-state index in [9.17, 15) is 4.79 Å². The lowest BCUT2D eigenvalue weighted by Crippen LogP contribution is -2.47. The van der Waals surface area contributed by atoms with Gasteiger partial charge in [0.25, 0.3) is 0 Å². The molecule has 4 nitrogen and oxygen atoms in total. The molecule has 0 unspecified atom stereocenters. The van der Waals surface area contributed by atoms with Gasteiger partial charge in [-0.25, -0.2) is 5.01 Å². The average Bonchev–Trinajstić information content (AvgIpc) is 2.26. The van der Waals surface area contributed by atoms with Gasteiger partial charge >= 0.3 is 0 Å². The van der Waals surface area contributed by atoms with Crippen LogP contribution in [-0.2, 0) is 4.79 Å². The summed E-state index contributed by atoms with van der Waals surface area (Å²) < 4.78 is 0. The minimum atomic E-state index is 0.0395. The molecule has 0 aliphatic rings. The van der Waals surface area contributed by atoms with Crippen LogP contribution in [0.3, 0.4) is 0 Å². The topological polar surface area (TPSA) is 49.6 Å². The minimum Gasteiger partial charge on any atom is -0.330 e. The predicted octanol–water partition coefficient (Wildman–Crippen LogP) is 1.16. The lowest BCUT2D eigenvalue weighted by molar-refractivity contribution is -0.146. The summed E-state index contributed by atoms with van der Waals surface area (Å²) >= 11 is 0. The third-order valence-corrected chi connectivity index (χ3v) is 2.11. The van der Waals surface area contributed by atoms with Crippen molar-refractivity contribution < 1.29 is 4.79 Å². The van der Waals surface area contributed by atoms with Crippen LogP contribution >= 0.6 is 0 Å². The summed E-state index contributed by atoms with van der Waals surface area (Å²) in [6, 6.07) is 0. The van der Waals surface area contributed by atoms with Crippen molar-refractivity contribution >= 4 is 5.91 Å². The van der Waals surface area contributed by atoms with E-state index in [2.05, 4.69) is 20.1 Å². The average molecular weight is 225 g/mol. The molecule has 0 bridgehead atoms. The van der Waals surface area contributed by atoms with Gasteiger partial charge in [-0.3, -0.25) is 9.80 Å². The molecule has 0 aliphatic carbocycles. The number of amides is 1. The van der Waals surface area contributed by atoms with Crippen LogP contribution in [0.4, 0.5) is 0 Å². The van der Waals surface area contributed by atoms with Crippen LogP contribution < -0.4 is 5.73 Å². The summed E-state index contributed by atoms with van der Waals surface area (Å²) in [5, 5.41) is 3.68. The summed E-state index contributed by atoms with van der Waals surface area (Å²) in [4.78, 5) is 11.8. The molecule has 0 rings (SSSR count). The fraction of sp³-hybridized carbons (Fsp3) is 0.583. The van der Waals surface area contributed by atoms with Gasteiger partial charge in [0.2, 0.25) is 5.91 Å². The highest BCUT2D eigenvalue weighted by atomic mass is 16.2. The molecule has 0 radical (unpaired) electrons. The van der Waals surface area contributed by atoms with Crippen molar-refractivity contribution in [1.82, 2.24) is 10.0 Å². The van der Waals surface area contributed by atoms with E-state index < -0.39 is 0 Å². The van der Waals surface area contributed by atoms with Gasteiger partial charge in [-0.2, -0.15) is 0 Å². The molecular formula is C12H23N3O. The molecular weight excluding hydrogens is 202 g/mol. The van der Waals surface area contributed by atoms with Gasteiger partial charge < -0.3 is 5.73 Å². The maximum Gasteiger partial charge on any atom is 0.238 e. The first-order valence-corrected chi connectivity index (χ1v) is 5.68. The van der Waals surface area contributed by atoms with Gasteiger partial charge in [0, 0.05) is 26.1 Å². The Kier molecular flexibility index (Phi) is 8.48. The lowest BCUT2D eigenvalue weighted by atomic mass is 10.3. The van der Waals surface area contributed by atoms with Crippen molar-refractivity contribution in [3.8, 4) is 0 Å². The Labute approximate surface area is 98.4 Å². The quantitative estimate of drug-likeness (QED) is 0.473. The maximum absolute atomic E-state index is 11.8. The fourth-order valence-electron chi connectivity index (χ4n) is 1.47. The summed E-state index contributed by atoms with van der Waals surface area (Å²) in [5.74, 6) is 0.0395. The molecule has 0 saturated carbocycles. The minimum absolute atomic E-state index is 0.0395. The molecule has 2 N–H and O–H groups in total. The highest BCUT2D eigenvalue weighted by Gasteiger charge is 2.17. The maximum atomic E-state index is 11.8. The zero-order valence-electron chi connectivity index (χ0n) is 10.2. The molecule has 0 aromatic heterocycles. The molecule has 0 heterocycles. The van der Waals surface area contributed by atoms with Crippen molar-refractivity contribution in [2.45, 2.75) is 19.8 Å². The molecule has 0 spiro atoms. The first-order chi connectivity index (χ1) is 7.71. The summed E-state index contributed by atoms with van der Waals surface area (Å²) in [5.41, 5.74) is 5.40. The van der Waals surface area contributed by atoms with Crippen LogP contribution in [0.2, 0.25) is 0 Å². The van der Waals surface area contributed by atoms with Crippen LogP contribution in [0.15, 0.2) is 25.3 Å². The van der Waals surface area contributed by atoms with Gasteiger partial charge in [0.15, 0.2) is 0 Å². The van der Waals surface area contributed by atoms with E-state index in [4.69, 9.17) is 5.73 Å². The molecule has 0 fully saturated rings. The molecule has 92 valence electrons. The summed E-state index contributed by atoms with van der Waals surface area (Å²) in [6.07, 6.45) is 4.87. The van der Waals surface area contributed by atoms with E-state index >= 15 is 0 Å². The second-order valence-corrected chi connectivity index (χ2v) is 3.50. The van der Waals surface area contributed by atoms with Crippen molar-refractivity contribution in [2.24, 2.45) is 5.73 Å². The molecule has 4 heteroatoms. The number of hydrogen-bond donors (Lipinski definition) is 1. The highest BCUT2D eigenvalue weighted by Crippen LogP contribution is 2.03. The van der Waals surface area contributed by atoms with Crippen LogP contribution in [0, 0.1) is 0 Å². The Balaban J connectivity index is 4.59. The molecule has 0 atom stereocenters. The molecule has 0 aliphatic heterocycles. The first kappa shape index (κ1) is 14.9. The molecule has 1 amide bonds. The van der Waals surface area contributed by atoms with E-state index in [0.717, 1.165) is 13.0 Å². The zero-order chi connectivity index (χ0) is 12.4. The number of hydrogen-bond acceptors (Lipinski definition) is 3. The van der Waals surface area contributed by atoms with E-state index in [1.807, 2.05) is 5.01 Å². The highest BCUT2D eigenvalue weighted by molar-refractivity contribution is 5.76. The molecule has 0 aromatic rings. The van der Waals surface area contributed by atoms with Crippen LogP contribution in [-0.4, -0.2) is 42.1 Å². The zero-order valence-corrected chi connectivity index (χ0v) is 10.2. The Bertz CT molecular complexity index is 228.